The Bertz CT molecular complexity index is 862. The van der Waals surface area contributed by atoms with Crippen molar-refractivity contribution in [1.29, 1.82) is 0 Å². The minimum absolute atomic E-state index is 0.0258. The number of aliphatic hydroxyl groups is 2. The third-order valence-electron chi connectivity index (χ3n) is 5.05. The molecule has 1 saturated carbocycles. The summed E-state index contributed by atoms with van der Waals surface area (Å²) in [5.41, 5.74) is -1.54. The molecular formula is C20H20F4N2O4. The lowest BCUT2D eigenvalue weighted by Crippen LogP contribution is -2.40. The second-order valence-electron chi connectivity index (χ2n) is 7.40. The maximum absolute atomic E-state index is 13.0. The van der Waals surface area contributed by atoms with Crippen molar-refractivity contribution in [2.75, 3.05) is 13.2 Å². The van der Waals surface area contributed by atoms with Gasteiger partial charge in [0, 0.05) is 29.8 Å². The molecule has 162 valence electrons. The summed E-state index contributed by atoms with van der Waals surface area (Å²) in [5.74, 6) is -1.01. The van der Waals surface area contributed by atoms with Gasteiger partial charge in [0.1, 0.15) is 5.82 Å². The van der Waals surface area contributed by atoms with Gasteiger partial charge < -0.3 is 20.3 Å². The van der Waals surface area contributed by atoms with Crippen molar-refractivity contribution in [3.8, 4) is 5.88 Å². The minimum Gasteiger partial charge on any atom is -0.477 e. The molecule has 0 aliphatic heterocycles. The average Bonchev–Trinajstić information content (AvgIpc) is 2.99. The zero-order chi connectivity index (χ0) is 21.9. The molecule has 2 aromatic rings. The molecule has 3 N–H and O–H groups in total. The predicted octanol–water partition coefficient (Wildman–Crippen LogP) is 2.55. The van der Waals surface area contributed by atoms with Gasteiger partial charge in [-0.2, -0.15) is 13.2 Å². The molecule has 2 unspecified atom stereocenters. The molecule has 1 heterocycles. The fourth-order valence-electron chi connectivity index (χ4n) is 3.39. The van der Waals surface area contributed by atoms with Crippen LogP contribution >= 0.6 is 0 Å². The summed E-state index contributed by atoms with van der Waals surface area (Å²) in [5, 5.41) is 22.6. The van der Waals surface area contributed by atoms with Crippen molar-refractivity contribution in [2.24, 2.45) is 5.41 Å². The van der Waals surface area contributed by atoms with E-state index in [1.807, 2.05) is 0 Å². The number of carbonyl (C=O) groups excluding carboxylic acids is 1. The van der Waals surface area contributed by atoms with E-state index in [4.69, 9.17) is 4.74 Å². The summed E-state index contributed by atoms with van der Waals surface area (Å²) >= 11 is 0. The summed E-state index contributed by atoms with van der Waals surface area (Å²) < 4.78 is 56.4. The van der Waals surface area contributed by atoms with Crippen LogP contribution in [0.15, 0.2) is 42.6 Å². The van der Waals surface area contributed by atoms with Crippen LogP contribution < -0.4 is 10.1 Å². The number of amides is 1. The van der Waals surface area contributed by atoms with Crippen molar-refractivity contribution in [2.45, 2.75) is 31.2 Å². The molecule has 2 atom stereocenters. The van der Waals surface area contributed by atoms with E-state index in [1.54, 1.807) is 0 Å². The number of ether oxygens (including phenoxy) is 1. The second kappa shape index (κ2) is 8.57. The Morgan fingerprint density at radius 1 is 1.13 bits per heavy atom. The van der Waals surface area contributed by atoms with Crippen LogP contribution in [-0.2, 0) is 6.18 Å². The van der Waals surface area contributed by atoms with E-state index in [9.17, 15) is 32.6 Å². The lowest BCUT2D eigenvalue weighted by molar-refractivity contribution is -0.137. The van der Waals surface area contributed by atoms with Gasteiger partial charge in [0.25, 0.3) is 5.91 Å². The minimum atomic E-state index is -4.52. The highest BCUT2D eigenvalue weighted by Gasteiger charge is 2.45. The van der Waals surface area contributed by atoms with Crippen LogP contribution in [0, 0.1) is 11.2 Å². The van der Waals surface area contributed by atoms with Gasteiger partial charge in [0.2, 0.25) is 5.88 Å². The molecule has 0 radical (unpaired) electrons. The molecular weight excluding hydrogens is 408 g/mol. The van der Waals surface area contributed by atoms with Crippen molar-refractivity contribution in [1.82, 2.24) is 10.3 Å². The van der Waals surface area contributed by atoms with Crippen LogP contribution in [0.4, 0.5) is 17.6 Å². The Morgan fingerprint density at radius 2 is 1.77 bits per heavy atom. The SMILES string of the molecule is O=C(NCC1(COc2ccc(C(F)(F)F)cn2)CC(O)C(O)C1)c1ccc(F)cc1. The van der Waals surface area contributed by atoms with Crippen LogP contribution in [0.1, 0.15) is 28.8 Å². The molecule has 30 heavy (non-hydrogen) atoms. The third-order valence-corrected chi connectivity index (χ3v) is 5.05. The molecule has 0 saturated heterocycles. The second-order valence-corrected chi connectivity index (χ2v) is 7.40. The highest BCUT2D eigenvalue weighted by Crippen LogP contribution is 2.39. The lowest BCUT2D eigenvalue weighted by Gasteiger charge is -2.29. The van der Waals surface area contributed by atoms with Gasteiger partial charge in [-0.25, -0.2) is 9.37 Å². The van der Waals surface area contributed by atoms with Crippen LogP contribution in [0.2, 0.25) is 0 Å². The predicted molar refractivity (Wildman–Crippen MR) is 97.1 cm³/mol. The average molecular weight is 428 g/mol. The number of halogens is 4. The number of nitrogens with one attached hydrogen (secondary N) is 1. The van der Waals surface area contributed by atoms with Gasteiger partial charge in [-0.1, -0.05) is 0 Å². The highest BCUT2D eigenvalue weighted by molar-refractivity contribution is 5.94. The smallest absolute Gasteiger partial charge is 0.417 e. The molecule has 0 bridgehead atoms. The van der Waals surface area contributed by atoms with E-state index < -0.39 is 41.1 Å². The molecule has 1 amide bonds. The molecule has 1 aromatic carbocycles. The van der Waals surface area contributed by atoms with Crippen LogP contribution in [-0.4, -0.2) is 46.5 Å². The molecule has 3 rings (SSSR count). The standard InChI is InChI=1S/C20H20F4N2O4/c21-14-4-1-12(2-5-14)18(29)26-10-19(7-15(27)16(28)8-19)11-30-17-6-3-13(9-25-17)20(22,23)24/h1-6,9,15-16,27-28H,7-8,10-11H2,(H,26,29). The number of alkyl halides is 3. The van der Waals surface area contributed by atoms with Crippen LogP contribution in [0.3, 0.4) is 0 Å². The number of hydrogen-bond acceptors (Lipinski definition) is 5. The van der Waals surface area contributed by atoms with Gasteiger partial charge in [0.15, 0.2) is 0 Å². The monoisotopic (exact) mass is 428 g/mol. The van der Waals surface area contributed by atoms with E-state index >= 15 is 0 Å². The first kappa shape index (κ1) is 22.0. The quantitative estimate of drug-likeness (QED) is 0.616. The Balaban J connectivity index is 1.66. The lowest BCUT2D eigenvalue weighted by atomic mass is 9.86. The van der Waals surface area contributed by atoms with Gasteiger partial charge in [-0.15, -0.1) is 0 Å². The molecule has 1 aliphatic rings. The number of aliphatic hydroxyl groups excluding tert-OH is 2. The van der Waals surface area contributed by atoms with Crippen LogP contribution in [0.5, 0.6) is 5.88 Å². The van der Waals surface area contributed by atoms with E-state index in [1.165, 1.54) is 12.1 Å². The number of nitrogens with zero attached hydrogens (tertiary/aromatic N) is 1. The number of aromatic nitrogens is 1. The molecule has 1 aliphatic carbocycles. The number of carbonyl (C=O) groups is 1. The van der Waals surface area contributed by atoms with Crippen LogP contribution in [0.25, 0.3) is 0 Å². The zero-order valence-electron chi connectivity index (χ0n) is 15.7. The van der Waals surface area contributed by atoms with E-state index in [2.05, 4.69) is 10.3 Å². The molecule has 0 spiro atoms. The summed E-state index contributed by atoms with van der Waals surface area (Å²) in [4.78, 5) is 15.9. The fourth-order valence-corrected chi connectivity index (χ4v) is 3.39. The molecule has 10 heteroatoms. The Kier molecular flexibility index (Phi) is 6.27. The summed E-state index contributed by atoms with van der Waals surface area (Å²) in [7, 11) is 0. The van der Waals surface area contributed by atoms with Gasteiger partial charge in [-0.05, 0) is 43.2 Å². The highest BCUT2D eigenvalue weighted by atomic mass is 19.4. The van der Waals surface area contributed by atoms with Gasteiger partial charge >= 0.3 is 6.18 Å². The molecule has 6 nitrogen and oxygen atoms in total. The van der Waals surface area contributed by atoms with Gasteiger partial charge in [-0.3, -0.25) is 4.79 Å². The first-order valence-corrected chi connectivity index (χ1v) is 9.14. The van der Waals surface area contributed by atoms with Crippen molar-refractivity contribution >= 4 is 5.91 Å². The largest absolute Gasteiger partial charge is 0.477 e. The van der Waals surface area contributed by atoms with E-state index in [-0.39, 0.29) is 37.4 Å². The van der Waals surface area contributed by atoms with E-state index in [0.717, 1.165) is 24.3 Å². The number of pyridine rings is 1. The Hall–Kier alpha value is -2.72. The normalized spacial score (nSPS) is 23.9. The topological polar surface area (TPSA) is 91.7 Å². The maximum Gasteiger partial charge on any atom is 0.417 e. The molecule has 1 fully saturated rings. The summed E-state index contributed by atoms with van der Waals surface area (Å²) in [6.45, 7) is -0.0683. The fraction of sp³-hybridized carbons (Fsp3) is 0.400. The van der Waals surface area contributed by atoms with Crippen molar-refractivity contribution < 1.29 is 37.3 Å². The molecule has 1 aromatic heterocycles. The Morgan fingerprint density at radius 3 is 2.30 bits per heavy atom. The van der Waals surface area contributed by atoms with E-state index in [0.29, 0.717) is 6.20 Å². The number of benzene rings is 1. The first-order chi connectivity index (χ1) is 14.1. The Labute approximate surface area is 169 Å². The summed E-state index contributed by atoms with van der Waals surface area (Å²) in [6, 6.07) is 6.84. The first-order valence-electron chi connectivity index (χ1n) is 9.14. The maximum atomic E-state index is 13.0. The van der Waals surface area contributed by atoms with Crippen molar-refractivity contribution in [3.63, 3.8) is 0 Å². The van der Waals surface area contributed by atoms with Crippen molar-refractivity contribution in [3.05, 3.63) is 59.5 Å². The zero-order valence-corrected chi connectivity index (χ0v) is 15.7. The summed E-state index contributed by atoms with van der Waals surface area (Å²) in [6.07, 6.45) is -5.71. The van der Waals surface area contributed by atoms with Gasteiger partial charge in [0.05, 0.1) is 24.4 Å². The third kappa shape index (κ3) is 5.25. The number of rotatable bonds is 6. The number of hydrogen-bond donors (Lipinski definition) is 3.